The maximum atomic E-state index is 7.66. The fourth-order valence-electron chi connectivity index (χ4n) is 2.91. The zero-order valence-electron chi connectivity index (χ0n) is 15.3. The SMILES string of the molecule is C[C@H](c1ccc2nccn2c1)n1nnc2ncc(/C(C=N)=C/N(C)C)nc21. The van der Waals surface area contributed by atoms with Crippen molar-refractivity contribution in [3.8, 4) is 0 Å². The number of allylic oxidation sites excluding steroid dienone is 1. The fraction of sp³-hybridized carbons (Fsp3) is 0.222. The third-order valence-corrected chi connectivity index (χ3v) is 4.30. The van der Waals surface area contributed by atoms with Crippen molar-refractivity contribution in [3.63, 3.8) is 0 Å². The second-order valence-electron chi connectivity index (χ2n) is 6.46. The van der Waals surface area contributed by atoms with Gasteiger partial charge in [0.25, 0.3) is 0 Å². The van der Waals surface area contributed by atoms with E-state index in [1.54, 1.807) is 17.1 Å². The average molecular weight is 361 g/mol. The summed E-state index contributed by atoms with van der Waals surface area (Å²) in [6.45, 7) is 2.04. The van der Waals surface area contributed by atoms with Crippen LogP contribution in [0.1, 0.15) is 24.2 Å². The van der Waals surface area contributed by atoms with Gasteiger partial charge < -0.3 is 14.7 Å². The molecule has 1 atom stereocenters. The Morgan fingerprint density at radius 2 is 2.11 bits per heavy atom. The Bertz CT molecular complexity index is 1150. The van der Waals surface area contributed by atoms with Gasteiger partial charge in [-0.2, -0.15) is 0 Å². The predicted molar refractivity (Wildman–Crippen MR) is 103 cm³/mol. The van der Waals surface area contributed by atoms with E-state index in [1.807, 2.05) is 61.0 Å². The molecule has 0 spiro atoms. The summed E-state index contributed by atoms with van der Waals surface area (Å²) >= 11 is 0. The van der Waals surface area contributed by atoms with Gasteiger partial charge in [-0.15, -0.1) is 5.10 Å². The zero-order chi connectivity index (χ0) is 19.0. The van der Waals surface area contributed by atoms with Gasteiger partial charge in [0.15, 0.2) is 5.65 Å². The van der Waals surface area contributed by atoms with E-state index in [2.05, 4.69) is 25.3 Å². The molecule has 0 fully saturated rings. The molecular weight excluding hydrogens is 342 g/mol. The minimum Gasteiger partial charge on any atom is -0.383 e. The molecule has 0 aliphatic heterocycles. The van der Waals surface area contributed by atoms with E-state index in [0.717, 1.165) is 11.2 Å². The van der Waals surface area contributed by atoms with Crippen LogP contribution in [-0.2, 0) is 0 Å². The molecule has 0 saturated heterocycles. The van der Waals surface area contributed by atoms with Crippen LogP contribution in [0.5, 0.6) is 0 Å². The lowest BCUT2D eigenvalue weighted by Crippen LogP contribution is -2.11. The highest BCUT2D eigenvalue weighted by Gasteiger charge is 2.17. The van der Waals surface area contributed by atoms with Crippen molar-refractivity contribution in [2.45, 2.75) is 13.0 Å². The zero-order valence-corrected chi connectivity index (χ0v) is 15.3. The average Bonchev–Trinajstić information content (AvgIpc) is 3.30. The van der Waals surface area contributed by atoms with Gasteiger partial charge >= 0.3 is 0 Å². The van der Waals surface area contributed by atoms with Crippen molar-refractivity contribution in [2.24, 2.45) is 0 Å². The molecule has 4 heterocycles. The largest absolute Gasteiger partial charge is 0.383 e. The summed E-state index contributed by atoms with van der Waals surface area (Å²) in [5.74, 6) is 0. The second-order valence-corrected chi connectivity index (χ2v) is 6.46. The maximum absolute atomic E-state index is 7.66. The van der Waals surface area contributed by atoms with Gasteiger partial charge in [0.1, 0.15) is 5.65 Å². The van der Waals surface area contributed by atoms with Crippen molar-refractivity contribution in [1.29, 1.82) is 5.41 Å². The third-order valence-electron chi connectivity index (χ3n) is 4.30. The number of imidazole rings is 1. The van der Waals surface area contributed by atoms with Crippen molar-refractivity contribution in [1.82, 2.24) is 39.2 Å². The lowest BCUT2D eigenvalue weighted by atomic mass is 10.1. The quantitative estimate of drug-likeness (QED) is 0.546. The molecule has 9 heteroatoms. The molecule has 27 heavy (non-hydrogen) atoms. The summed E-state index contributed by atoms with van der Waals surface area (Å²) in [5.41, 5.74) is 4.26. The Labute approximate surface area is 155 Å². The topological polar surface area (TPSA) is 101 Å². The monoisotopic (exact) mass is 361 g/mol. The van der Waals surface area contributed by atoms with Crippen LogP contribution in [0.4, 0.5) is 0 Å². The van der Waals surface area contributed by atoms with E-state index < -0.39 is 0 Å². The summed E-state index contributed by atoms with van der Waals surface area (Å²) in [6.07, 6.45) is 10.4. The molecule has 0 radical (unpaired) electrons. The van der Waals surface area contributed by atoms with Crippen molar-refractivity contribution >= 4 is 28.7 Å². The summed E-state index contributed by atoms with van der Waals surface area (Å²) in [7, 11) is 3.80. The van der Waals surface area contributed by atoms with Gasteiger partial charge in [-0.1, -0.05) is 11.3 Å². The van der Waals surface area contributed by atoms with Gasteiger partial charge in [0, 0.05) is 50.7 Å². The van der Waals surface area contributed by atoms with Crippen LogP contribution in [0.3, 0.4) is 0 Å². The number of hydrogen-bond acceptors (Lipinski definition) is 7. The molecule has 4 rings (SSSR count). The standard InChI is InChI=1S/C18H19N9/c1-12(13-4-5-16-20-6-7-26(16)11-13)27-18-17(23-24-27)21-9-15(22-18)14(8-19)10-25(2)3/h4-12,19H,1-3H3/b14-10+,19-8?/t12-/m1/s1. The number of nitrogens with zero attached hydrogens (tertiary/aromatic N) is 8. The molecule has 1 N–H and O–H groups in total. The van der Waals surface area contributed by atoms with Gasteiger partial charge in [-0.05, 0) is 18.6 Å². The Kier molecular flexibility index (Phi) is 4.11. The summed E-state index contributed by atoms with van der Waals surface area (Å²) in [5, 5.41) is 16.1. The number of aromatic nitrogens is 7. The predicted octanol–water partition coefficient (Wildman–Crippen LogP) is 2.03. The van der Waals surface area contributed by atoms with E-state index in [9.17, 15) is 0 Å². The summed E-state index contributed by atoms with van der Waals surface area (Å²) in [6, 6.07) is 3.90. The highest BCUT2D eigenvalue weighted by molar-refractivity contribution is 6.07. The first-order chi connectivity index (χ1) is 13.1. The smallest absolute Gasteiger partial charge is 0.221 e. The summed E-state index contributed by atoms with van der Waals surface area (Å²) in [4.78, 5) is 15.2. The van der Waals surface area contributed by atoms with E-state index in [-0.39, 0.29) is 6.04 Å². The second kappa shape index (κ2) is 6.60. The Morgan fingerprint density at radius 1 is 1.26 bits per heavy atom. The normalized spacial score (nSPS) is 13.2. The van der Waals surface area contributed by atoms with E-state index in [4.69, 9.17) is 5.41 Å². The minimum absolute atomic E-state index is 0.0902. The van der Waals surface area contributed by atoms with Gasteiger partial charge in [0.05, 0.1) is 17.9 Å². The van der Waals surface area contributed by atoms with Gasteiger partial charge in [-0.3, -0.25) is 0 Å². The number of nitrogens with one attached hydrogen (secondary N) is 1. The molecule has 0 saturated carbocycles. The molecular formula is C18H19N9. The van der Waals surface area contributed by atoms with Crippen molar-refractivity contribution in [3.05, 3.63) is 54.4 Å². The lowest BCUT2D eigenvalue weighted by Gasteiger charge is -2.13. The van der Waals surface area contributed by atoms with Gasteiger partial charge in [0.2, 0.25) is 5.65 Å². The Balaban J connectivity index is 1.79. The molecule has 136 valence electrons. The fourth-order valence-corrected chi connectivity index (χ4v) is 2.91. The lowest BCUT2D eigenvalue weighted by molar-refractivity contribution is 0.554. The molecule has 0 aromatic carbocycles. The van der Waals surface area contributed by atoms with Crippen LogP contribution in [0, 0.1) is 5.41 Å². The van der Waals surface area contributed by atoms with Crippen LogP contribution >= 0.6 is 0 Å². The minimum atomic E-state index is -0.0902. The van der Waals surface area contributed by atoms with Crippen molar-refractivity contribution < 1.29 is 0 Å². The van der Waals surface area contributed by atoms with Crippen LogP contribution in [-0.4, -0.2) is 59.6 Å². The first-order valence-electron chi connectivity index (χ1n) is 8.46. The molecule has 4 aromatic heterocycles. The van der Waals surface area contributed by atoms with Crippen LogP contribution in [0.25, 0.3) is 22.5 Å². The van der Waals surface area contributed by atoms with Gasteiger partial charge in [-0.25, -0.2) is 19.6 Å². The van der Waals surface area contributed by atoms with Crippen LogP contribution in [0.15, 0.2) is 43.1 Å². The van der Waals surface area contributed by atoms with Crippen LogP contribution < -0.4 is 0 Å². The number of hydrogen-bond donors (Lipinski definition) is 1. The molecule has 0 aliphatic rings. The number of rotatable bonds is 5. The maximum Gasteiger partial charge on any atom is 0.221 e. The molecule has 0 unspecified atom stereocenters. The molecule has 0 aliphatic carbocycles. The number of fused-ring (bicyclic) bond motifs is 2. The van der Waals surface area contributed by atoms with E-state index in [1.165, 1.54) is 6.21 Å². The number of pyridine rings is 1. The van der Waals surface area contributed by atoms with E-state index in [0.29, 0.717) is 22.6 Å². The molecule has 4 aromatic rings. The Hall–Kier alpha value is -3.62. The molecule has 9 nitrogen and oxygen atoms in total. The first kappa shape index (κ1) is 16.8. The summed E-state index contributed by atoms with van der Waals surface area (Å²) < 4.78 is 3.72. The van der Waals surface area contributed by atoms with E-state index >= 15 is 0 Å². The highest BCUT2D eigenvalue weighted by atomic mass is 15.5. The van der Waals surface area contributed by atoms with Crippen molar-refractivity contribution in [2.75, 3.05) is 14.1 Å². The third kappa shape index (κ3) is 3.03. The molecule has 0 amide bonds. The molecule has 0 bridgehead atoms. The first-order valence-corrected chi connectivity index (χ1v) is 8.46. The Morgan fingerprint density at radius 3 is 2.89 bits per heavy atom. The highest BCUT2D eigenvalue weighted by Crippen LogP contribution is 2.21. The van der Waals surface area contributed by atoms with Crippen LogP contribution in [0.2, 0.25) is 0 Å².